The van der Waals surface area contributed by atoms with Crippen LogP contribution in [0.15, 0.2) is 24.3 Å². The lowest BCUT2D eigenvalue weighted by Gasteiger charge is -2.20. The second-order valence-corrected chi connectivity index (χ2v) is 5.66. The van der Waals surface area contributed by atoms with Gasteiger partial charge in [0.25, 0.3) is 0 Å². The van der Waals surface area contributed by atoms with E-state index in [4.69, 9.17) is 0 Å². The van der Waals surface area contributed by atoms with Crippen molar-refractivity contribution in [3.63, 3.8) is 0 Å². The van der Waals surface area contributed by atoms with Crippen LogP contribution in [0.4, 0.5) is 13.2 Å². The van der Waals surface area contributed by atoms with Crippen molar-refractivity contribution >= 4 is 0 Å². The first-order valence-electron chi connectivity index (χ1n) is 7.60. The molecule has 2 nitrogen and oxygen atoms in total. The van der Waals surface area contributed by atoms with Crippen LogP contribution in [0, 0.1) is 0 Å². The number of hydrogen-bond acceptors (Lipinski definition) is 2. The van der Waals surface area contributed by atoms with Gasteiger partial charge in [-0.25, -0.2) is 0 Å². The van der Waals surface area contributed by atoms with E-state index in [9.17, 15) is 13.2 Å². The Morgan fingerprint density at radius 3 is 2.52 bits per heavy atom. The van der Waals surface area contributed by atoms with E-state index in [0.29, 0.717) is 5.56 Å². The quantitative estimate of drug-likeness (QED) is 0.803. The number of nitrogens with one attached hydrogen (secondary N) is 1. The van der Waals surface area contributed by atoms with Crippen LogP contribution in [-0.4, -0.2) is 31.1 Å². The van der Waals surface area contributed by atoms with Crippen molar-refractivity contribution < 1.29 is 13.2 Å². The molecule has 1 aromatic rings. The van der Waals surface area contributed by atoms with Gasteiger partial charge in [-0.1, -0.05) is 18.2 Å². The molecule has 0 aliphatic carbocycles. The zero-order valence-corrected chi connectivity index (χ0v) is 12.4. The minimum atomic E-state index is -4.29. The largest absolute Gasteiger partial charge is 0.416 e. The molecular weight excluding hydrogens is 277 g/mol. The Bertz CT molecular complexity index is 439. The van der Waals surface area contributed by atoms with Gasteiger partial charge < -0.3 is 10.2 Å². The zero-order chi connectivity index (χ0) is 15.3. The van der Waals surface area contributed by atoms with Gasteiger partial charge in [-0.2, -0.15) is 13.2 Å². The van der Waals surface area contributed by atoms with Gasteiger partial charge in [0.1, 0.15) is 0 Å². The number of alkyl halides is 3. The fourth-order valence-electron chi connectivity index (χ4n) is 2.87. The van der Waals surface area contributed by atoms with Crippen molar-refractivity contribution in [2.24, 2.45) is 0 Å². The molecule has 1 aliphatic heterocycles. The van der Waals surface area contributed by atoms with E-state index in [0.717, 1.165) is 38.7 Å². The summed E-state index contributed by atoms with van der Waals surface area (Å²) in [5.74, 6) is 0. The molecule has 1 aromatic carbocycles. The summed E-state index contributed by atoms with van der Waals surface area (Å²) in [4.78, 5) is 2.41. The summed E-state index contributed by atoms with van der Waals surface area (Å²) in [6.07, 6.45) is -0.786. The molecule has 118 valence electrons. The fraction of sp³-hybridized carbons (Fsp3) is 0.625. The highest BCUT2D eigenvalue weighted by molar-refractivity contribution is 5.31. The van der Waals surface area contributed by atoms with Crippen molar-refractivity contribution in [1.29, 1.82) is 0 Å². The molecule has 1 atom stereocenters. The fourth-order valence-corrected chi connectivity index (χ4v) is 2.87. The lowest BCUT2D eigenvalue weighted by atomic mass is 10.0. The van der Waals surface area contributed by atoms with Gasteiger partial charge in [-0.3, -0.25) is 0 Å². The number of hydrogen-bond donors (Lipinski definition) is 1. The van der Waals surface area contributed by atoms with Crippen LogP contribution < -0.4 is 5.32 Å². The van der Waals surface area contributed by atoms with Gasteiger partial charge in [0.2, 0.25) is 0 Å². The summed E-state index contributed by atoms with van der Waals surface area (Å²) >= 11 is 0. The van der Waals surface area contributed by atoms with Gasteiger partial charge in [0, 0.05) is 6.04 Å². The lowest BCUT2D eigenvalue weighted by molar-refractivity contribution is -0.138. The summed E-state index contributed by atoms with van der Waals surface area (Å²) < 4.78 is 38.9. The highest BCUT2D eigenvalue weighted by Gasteiger charge is 2.33. The summed E-state index contributed by atoms with van der Waals surface area (Å²) in [6.45, 7) is 5.88. The SMILES string of the molecule is CC(NCCCN1CCCC1)c1ccccc1C(F)(F)F. The van der Waals surface area contributed by atoms with E-state index in [1.807, 2.05) is 0 Å². The molecule has 1 aliphatic rings. The molecule has 1 fully saturated rings. The monoisotopic (exact) mass is 300 g/mol. The number of rotatable bonds is 6. The molecule has 1 unspecified atom stereocenters. The standard InChI is InChI=1S/C16H23F3N2/c1-13(20-9-6-12-21-10-4-5-11-21)14-7-2-3-8-15(14)16(17,18)19/h2-3,7-8,13,20H,4-6,9-12H2,1H3. The van der Waals surface area contributed by atoms with Gasteiger partial charge in [-0.15, -0.1) is 0 Å². The van der Waals surface area contributed by atoms with Crippen LogP contribution in [-0.2, 0) is 6.18 Å². The molecule has 0 bridgehead atoms. The normalized spacial score (nSPS) is 18.1. The lowest BCUT2D eigenvalue weighted by Crippen LogP contribution is -2.27. The number of likely N-dealkylation sites (tertiary alicyclic amines) is 1. The highest BCUT2D eigenvalue weighted by Crippen LogP contribution is 2.34. The van der Waals surface area contributed by atoms with E-state index >= 15 is 0 Å². The van der Waals surface area contributed by atoms with E-state index in [-0.39, 0.29) is 6.04 Å². The molecule has 0 spiro atoms. The Labute approximate surface area is 124 Å². The molecule has 1 saturated heterocycles. The third-order valence-corrected chi connectivity index (χ3v) is 4.03. The second-order valence-electron chi connectivity index (χ2n) is 5.66. The molecule has 0 saturated carbocycles. The average molecular weight is 300 g/mol. The molecule has 1 N–H and O–H groups in total. The maximum Gasteiger partial charge on any atom is 0.416 e. The van der Waals surface area contributed by atoms with Gasteiger partial charge >= 0.3 is 6.18 Å². The summed E-state index contributed by atoms with van der Waals surface area (Å²) in [7, 11) is 0. The maximum atomic E-state index is 13.0. The number of benzene rings is 1. The first-order valence-corrected chi connectivity index (χ1v) is 7.60. The Balaban J connectivity index is 1.84. The van der Waals surface area contributed by atoms with Crippen LogP contribution in [0.1, 0.15) is 43.4 Å². The number of nitrogens with zero attached hydrogens (tertiary/aromatic N) is 1. The summed E-state index contributed by atoms with van der Waals surface area (Å²) in [5.41, 5.74) is -0.212. The molecule has 0 amide bonds. The molecule has 2 rings (SSSR count). The predicted octanol–water partition coefficient (Wildman–Crippen LogP) is 3.84. The van der Waals surface area contributed by atoms with E-state index in [1.54, 1.807) is 19.1 Å². The zero-order valence-electron chi connectivity index (χ0n) is 12.4. The van der Waals surface area contributed by atoms with Crippen LogP contribution in [0.25, 0.3) is 0 Å². The molecule has 1 heterocycles. The van der Waals surface area contributed by atoms with E-state index in [2.05, 4.69) is 10.2 Å². The second kappa shape index (κ2) is 7.27. The van der Waals surface area contributed by atoms with Crippen LogP contribution in [0.5, 0.6) is 0 Å². The third kappa shape index (κ3) is 4.71. The first-order chi connectivity index (χ1) is 9.98. The molecule has 0 aromatic heterocycles. The third-order valence-electron chi connectivity index (χ3n) is 4.03. The molecule has 0 radical (unpaired) electrons. The van der Waals surface area contributed by atoms with Gasteiger partial charge in [-0.05, 0) is 64.0 Å². The highest BCUT2D eigenvalue weighted by atomic mass is 19.4. The van der Waals surface area contributed by atoms with Gasteiger partial charge in [0.15, 0.2) is 0 Å². The Hall–Kier alpha value is -1.07. The summed E-state index contributed by atoms with van der Waals surface area (Å²) in [6, 6.07) is 5.51. The Morgan fingerprint density at radius 2 is 1.86 bits per heavy atom. The van der Waals surface area contributed by atoms with Crippen molar-refractivity contribution in [3.8, 4) is 0 Å². The van der Waals surface area contributed by atoms with Crippen molar-refractivity contribution in [1.82, 2.24) is 10.2 Å². The molecule has 5 heteroatoms. The Kier molecular flexibility index (Phi) is 5.65. The van der Waals surface area contributed by atoms with Crippen LogP contribution in [0.2, 0.25) is 0 Å². The smallest absolute Gasteiger partial charge is 0.310 e. The maximum absolute atomic E-state index is 13.0. The topological polar surface area (TPSA) is 15.3 Å². The minimum absolute atomic E-state index is 0.290. The van der Waals surface area contributed by atoms with E-state index in [1.165, 1.54) is 18.9 Å². The Morgan fingerprint density at radius 1 is 1.19 bits per heavy atom. The summed E-state index contributed by atoms with van der Waals surface area (Å²) in [5, 5.41) is 3.21. The van der Waals surface area contributed by atoms with Crippen LogP contribution in [0.3, 0.4) is 0 Å². The first kappa shape index (κ1) is 16.3. The average Bonchev–Trinajstić information content (AvgIpc) is 2.95. The van der Waals surface area contributed by atoms with Gasteiger partial charge in [0.05, 0.1) is 5.56 Å². The van der Waals surface area contributed by atoms with Crippen molar-refractivity contribution in [2.75, 3.05) is 26.2 Å². The van der Waals surface area contributed by atoms with Crippen molar-refractivity contribution in [2.45, 2.75) is 38.4 Å². The predicted molar refractivity (Wildman–Crippen MR) is 78.2 cm³/mol. The van der Waals surface area contributed by atoms with Crippen molar-refractivity contribution in [3.05, 3.63) is 35.4 Å². The van der Waals surface area contributed by atoms with E-state index < -0.39 is 11.7 Å². The number of halogens is 3. The minimum Gasteiger partial charge on any atom is -0.310 e. The molecular formula is C16H23F3N2. The van der Waals surface area contributed by atoms with Crippen LogP contribution >= 0.6 is 0 Å². The molecule has 21 heavy (non-hydrogen) atoms.